The Bertz CT molecular complexity index is 769. The average molecular weight is 503 g/mol. The van der Waals surface area contributed by atoms with Crippen LogP contribution < -0.4 is 21.7 Å². The van der Waals surface area contributed by atoms with Crippen LogP contribution in [-0.4, -0.2) is 76.5 Å². The Morgan fingerprint density at radius 3 is 2.00 bits per heavy atom. The number of hydrogen-bond acceptors (Lipinski definition) is 8. The number of carbonyl (C=O) groups is 4. The van der Waals surface area contributed by atoms with Crippen molar-refractivity contribution in [2.24, 2.45) is 5.73 Å². The number of nitrogens with one attached hydrogen (secondary N) is 3. The first-order valence-corrected chi connectivity index (χ1v) is 12.5. The topological polar surface area (TPSA) is 151 Å². The summed E-state index contributed by atoms with van der Waals surface area (Å²) in [6.45, 7) is 0. The molecule has 4 unspecified atom stereocenters. The molecule has 0 spiro atoms. The first-order valence-electron chi connectivity index (χ1n) is 9.87. The van der Waals surface area contributed by atoms with Gasteiger partial charge in [-0.1, -0.05) is 30.3 Å². The van der Waals surface area contributed by atoms with Gasteiger partial charge in [0.05, 0.1) is 6.04 Å². The highest BCUT2D eigenvalue weighted by atomic mass is 32.2. The molecule has 4 atom stereocenters. The minimum atomic E-state index is -1.24. The lowest BCUT2D eigenvalue weighted by Crippen LogP contribution is -2.58. The van der Waals surface area contributed by atoms with Crippen LogP contribution in [0.15, 0.2) is 30.3 Å². The molecule has 9 nitrogen and oxygen atoms in total. The van der Waals surface area contributed by atoms with Gasteiger partial charge in [-0.25, -0.2) is 4.79 Å². The predicted molar refractivity (Wildman–Crippen MR) is 132 cm³/mol. The maximum atomic E-state index is 12.8. The Morgan fingerprint density at radius 1 is 0.938 bits per heavy atom. The van der Waals surface area contributed by atoms with Crippen LogP contribution in [-0.2, 0) is 25.6 Å². The molecule has 0 fully saturated rings. The summed E-state index contributed by atoms with van der Waals surface area (Å²) >= 11 is 9.47. The van der Waals surface area contributed by atoms with Crippen LogP contribution in [0, 0.1) is 0 Å². The van der Waals surface area contributed by atoms with Gasteiger partial charge in [0, 0.05) is 11.5 Å². The van der Waals surface area contributed by atoms with Crippen molar-refractivity contribution >= 4 is 60.7 Å². The van der Waals surface area contributed by atoms with Crippen LogP contribution in [0.25, 0.3) is 0 Å². The molecular weight excluding hydrogens is 472 g/mol. The number of aliphatic carboxylic acids is 1. The van der Waals surface area contributed by atoms with E-state index in [4.69, 9.17) is 10.8 Å². The summed E-state index contributed by atoms with van der Waals surface area (Å²) in [5.41, 5.74) is 6.91. The molecule has 0 aliphatic carbocycles. The standard InChI is InChI=1S/C20H30N4O5S3/c1-32-8-7-14(22-17(25)13(21)9-12-5-3-2-4-6-12)18(26)23-15(10-30)19(27)24-16(11-31)20(28)29/h2-6,13-16,30-31H,7-11,21H2,1H3,(H,22,25)(H,23,26)(H,24,27)(H,28,29). The molecule has 1 aromatic carbocycles. The number of nitrogens with two attached hydrogens (primary N) is 1. The molecule has 0 aliphatic heterocycles. The molecular formula is C20H30N4O5S3. The first kappa shape index (κ1) is 28.1. The maximum Gasteiger partial charge on any atom is 0.327 e. The van der Waals surface area contributed by atoms with Crippen molar-refractivity contribution in [2.45, 2.75) is 37.0 Å². The smallest absolute Gasteiger partial charge is 0.327 e. The van der Waals surface area contributed by atoms with Gasteiger partial charge in [-0.05, 0) is 30.4 Å². The molecule has 178 valence electrons. The number of thiol groups is 2. The quantitative estimate of drug-likeness (QED) is 0.173. The van der Waals surface area contributed by atoms with Gasteiger partial charge < -0.3 is 26.8 Å². The fourth-order valence-corrected chi connectivity index (χ4v) is 3.64. The highest BCUT2D eigenvalue weighted by Crippen LogP contribution is 2.06. The minimum absolute atomic E-state index is 0.0623. The molecule has 12 heteroatoms. The number of carboxylic acids is 1. The van der Waals surface area contributed by atoms with Crippen LogP contribution in [0.2, 0.25) is 0 Å². The van der Waals surface area contributed by atoms with Crippen molar-refractivity contribution in [1.82, 2.24) is 16.0 Å². The molecule has 0 heterocycles. The average Bonchev–Trinajstić information content (AvgIpc) is 2.78. The summed E-state index contributed by atoms with van der Waals surface area (Å²) in [6, 6.07) is 5.23. The predicted octanol–water partition coefficient (Wildman–Crippen LogP) is -0.292. The van der Waals surface area contributed by atoms with Crippen molar-refractivity contribution in [3.63, 3.8) is 0 Å². The number of thioether (sulfide) groups is 1. The summed E-state index contributed by atoms with van der Waals surface area (Å²) in [5.74, 6) is -2.59. The van der Waals surface area contributed by atoms with Crippen molar-refractivity contribution in [3.8, 4) is 0 Å². The number of rotatable bonds is 14. The van der Waals surface area contributed by atoms with Crippen LogP contribution in [0.4, 0.5) is 0 Å². The summed E-state index contributed by atoms with van der Waals surface area (Å²) in [7, 11) is 0. The van der Waals surface area contributed by atoms with Crippen molar-refractivity contribution in [3.05, 3.63) is 35.9 Å². The SMILES string of the molecule is CSCCC(NC(=O)C(N)Cc1ccccc1)C(=O)NC(CS)C(=O)NC(CS)C(=O)O. The van der Waals surface area contributed by atoms with Gasteiger partial charge in [0.2, 0.25) is 17.7 Å². The molecule has 0 saturated heterocycles. The molecule has 6 N–H and O–H groups in total. The normalized spacial score (nSPS) is 14.5. The zero-order chi connectivity index (χ0) is 24.1. The van der Waals surface area contributed by atoms with Crippen LogP contribution in [0.5, 0.6) is 0 Å². The van der Waals surface area contributed by atoms with E-state index >= 15 is 0 Å². The third-order valence-corrected chi connectivity index (χ3v) is 5.87. The molecule has 32 heavy (non-hydrogen) atoms. The van der Waals surface area contributed by atoms with Crippen molar-refractivity contribution < 1.29 is 24.3 Å². The Hall–Kier alpha value is -1.89. The van der Waals surface area contributed by atoms with E-state index in [-0.39, 0.29) is 11.5 Å². The van der Waals surface area contributed by atoms with E-state index < -0.39 is 47.9 Å². The molecule has 0 aliphatic rings. The summed E-state index contributed by atoms with van der Waals surface area (Å²) in [5, 5.41) is 16.6. The highest BCUT2D eigenvalue weighted by Gasteiger charge is 2.29. The second kappa shape index (κ2) is 15.0. The molecule has 3 amide bonds. The number of carboxylic acid groups (broad SMARTS) is 1. The van der Waals surface area contributed by atoms with E-state index in [1.807, 2.05) is 36.6 Å². The van der Waals surface area contributed by atoms with Gasteiger partial charge in [0.15, 0.2) is 0 Å². The van der Waals surface area contributed by atoms with Crippen LogP contribution in [0.1, 0.15) is 12.0 Å². The van der Waals surface area contributed by atoms with Gasteiger partial charge in [-0.2, -0.15) is 37.0 Å². The third-order valence-electron chi connectivity index (χ3n) is 4.49. The zero-order valence-electron chi connectivity index (χ0n) is 17.7. The van der Waals surface area contributed by atoms with E-state index in [1.54, 1.807) is 0 Å². The van der Waals surface area contributed by atoms with Crippen molar-refractivity contribution in [1.29, 1.82) is 0 Å². The van der Waals surface area contributed by atoms with Crippen molar-refractivity contribution in [2.75, 3.05) is 23.5 Å². The summed E-state index contributed by atoms with van der Waals surface area (Å²) in [6.07, 6.45) is 2.50. The molecule has 0 aromatic heterocycles. The van der Waals surface area contributed by atoms with E-state index in [0.717, 1.165) is 5.56 Å². The van der Waals surface area contributed by atoms with Crippen LogP contribution in [0.3, 0.4) is 0 Å². The number of benzene rings is 1. The lowest BCUT2D eigenvalue weighted by atomic mass is 10.1. The number of amides is 3. The molecule has 1 aromatic rings. The van der Waals surface area contributed by atoms with Gasteiger partial charge in [0.25, 0.3) is 0 Å². The Labute approximate surface area is 202 Å². The second-order valence-corrected chi connectivity index (χ2v) is 8.68. The Kier molecular flexibility index (Phi) is 13.2. The zero-order valence-corrected chi connectivity index (χ0v) is 20.3. The Morgan fingerprint density at radius 2 is 1.47 bits per heavy atom. The fourth-order valence-electron chi connectivity index (χ4n) is 2.67. The fraction of sp³-hybridized carbons (Fsp3) is 0.500. The summed E-state index contributed by atoms with van der Waals surface area (Å²) in [4.78, 5) is 48.9. The van der Waals surface area contributed by atoms with Gasteiger partial charge in [-0.15, -0.1) is 0 Å². The minimum Gasteiger partial charge on any atom is -0.480 e. The second-order valence-electron chi connectivity index (χ2n) is 6.96. The summed E-state index contributed by atoms with van der Waals surface area (Å²) < 4.78 is 0. The number of hydrogen-bond donors (Lipinski definition) is 7. The highest BCUT2D eigenvalue weighted by molar-refractivity contribution is 7.98. The van der Waals surface area contributed by atoms with E-state index in [2.05, 4.69) is 41.2 Å². The van der Waals surface area contributed by atoms with E-state index in [0.29, 0.717) is 18.6 Å². The van der Waals surface area contributed by atoms with Gasteiger partial charge in [-0.3, -0.25) is 14.4 Å². The first-order chi connectivity index (χ1) is 15.2. The Balaban J connectivity index is 2.79. The molecule has 1 rings (SSSR count). The van der Waals surface area contributed by atoms with E-state index in [9.17, 15) is 19.2 Å². The number of carbonyl (C=O) groups excluding carboxylic acids is 3. The molecule has 0 radical (unpaired) electrons. The maximum absolute atomic E-state index is 12.8. The lowest BCUT2D eigenvalue weighted by molar-refractivity contribution is -0.141. The van der Waals surface area contributed by atoms with E-state index in [1.165, 1.54) is 11.8 Å². The van der Waals surface area contributed by atoms with Gasteiger partial charge >= 0.3 is 5.97 Å². The molecule has 0 saturated carbocycles. The van der Waals surface area contributed by atoms with Gasteiger partial charge in [0.1, 0.15) is 18.1 Å². The van der Waals surface area contributed by atoms with Crippen LogP contribution >= 0.6 is 37.0 Å². The molecule has 0 bridgehead atoms. The third kappa shape index (κ3) is 9.72. The monoisotopic (exact) mass is 502 g/mol. The largest absolute Gasteiger partial charge is 0.480 e. The lowest BCUT2D eigenvalue weighted by Gasteiger charge is -2.24.